The van der Waals surface area contributed by atoms with Gasteiger partial charge in [-0.3, -0.25) is 0 Å². The van der Waals surface area contributed by atoms with Gasteiger partial charge in [0.2, 0.25) is 0 Å². The van der Waals surface area contributed by atoms with Gasteiger partial charge in [0.05, 0.1) is 0 Å². The van der Waals surface area contributed by atoms with Gasteiger partial charge in [-0.15, -0.1) is 0 Å². The fourth-order valence-corrected chi connectivity index (χ4v) is 0. The molecule has 0 bridgehead atoms. The van der Waals surface area contributed by atoms with Crippen molar-refractivity contribution in [3.05, 3.63) is 0 Å². The summed E-state index contributed by atoms with van der Waals surface area (Å²) < 4.78 is 0.972. The summed E-state index contributed by atoms with van der Waals surface area (Å²) in [7, 11) is 0. The summed E-state index contributed by atoms with van der Waals surface area (Å²) in [5, 5.41) is 7.19. The van der Waals surface area contributed by atoms with Crippen LogP contribution in [-0.4, -0.2) is 39.1 Å². The summed E-state index contributed by atoms with van der Waals surface area (Å²) in [4.78, 5) is 8.78. The summed E-state index contributed by atoms with van der Waals surface area (Å²) in [6, 6.07) is 0. The van der Waals surface area contributed by atoms with E-state index in [-0.39, 0.29) is 0 Å². The minimum atomic E-state index is -1.33. The van der Waals surface area contributed by atoms with E-state index in [1.807, 2.05) is 0 Å². The van der Waals surface area contributed by atoms with Crippen LogP contribution in [0, 0.1) is 0 Å². The van der Waals surface area contributed by atoms with Gasteiger partial charge in [-0.1, -0.05) is 0 Å². The largest absolute Gasteiger partial charge is 0.465 e. The molecule has 0 aromatic heterocycles. The van der Waals surface area contributed by atoms with Gasteiger partial charge in [0.15, 0.2) is 0 Å². The smallest absolute Gasteiger partial charge is 0.402 e. The Morgan fingerprint density at radius 1 is 1.75 bits per heavy atom. The van der Waals surface area contributed by atoms with Crippen molar-refractivity contribution in [1.82, 2.24) is 0 Å². The number of rotatable bonds is 0. The zero-order valence-electron chi connectivity index (χ0n) is 5.51. The molecule has 8 heavy (non-hydrogen) atoms. The van der Waals surface area contributed by atoms with Crippen molar-refractivity contribution in [2.24, 2.45) is 5.73 Å². The molecular weight excluding hydrogens is 117 g/mol. The van der Waals surface area contributed by atoms with E-state index in [9.17, 15) is 0 Å². The van der Waals surface area contributed by atoms with Crippen LogP contribution in [0.3, 0.4) is 0 Å². The fraction of sp³-hybridized carbons (Fsp3) is 0.750. The number of hydrogen-bond donors (Lipinski definition) is 2. The van der Waals surface area contributed by atoms with Crippen LogP contribution in [-0.2, 0) is 0 Å². The first-order valence-corrected chi connectivity index (χ1v) is 3.60. The first-order chi connectivity index (χ1) is 3.46. The maximum atomic E-state index is 8.78. The summed E-state index contributed by atoms with van der Waals surface area (Å²) in [5.74, 6) is 0. The van der Waals surface area contributed by atoms with Crippen molar-refractivity contribution in [3.8, 4) is 0 Å². The quantitative estimate of drug-likeness (QED) is 0.468. The van der Waals surface area contributed by atoms with Gasteiger partial charge in [0.25, 0.3) is 0 Å². The first-order valence-electron chi connectivity index (χ1n) is 2.45. The molecule has 0 heterocycles. The molecule has 0 aliphatic rings. The number of carbonyl (C=O) groups is 1. The van der Waals surface area contributed by atoms with Crippen molar-refractivity contribution in [2.75, 3.05) is 0 Å². The second kappa shape index (κ2) is 7.27. The van der Waals surface area contributed by atoms with E-state index in [2.05, 4.69) is 19.6 Å². The Hall–Kier alpha value is 0.270. The van der Waals surface area contributed by atoms with Crippen LogP contribution >= 0.6 is 0 Å². The average molecular weight is 127 g/mol. The molecule has 0 unspecified atom stereocenters. The van der Waals surface area contributed by atoms with E-state index >= 15 is 0 Å². The van der Waals surface area contributed by atoms with Crippen molar-refractivity contribution < 1.29 is 9.90 Å². The molecule has 0 spiro atoms. The molecule has 1 amide bonds. The van der Waals surface area contributed by atoms with Gasteiger partial charge in [0.1, 0.15) is 0 Å². The molecule has 0 saturated carbocycles. The third-order valence-corrected chi connectivity index (χ3v) is 0. The summed E-state index contributed by atoms with van der Waals surface area (Å²) >= 11 is 1.35. The Labute approximate surface area is 66.7 Å². The monoisotopic (exact) mass is 127 g/mol. The average Bonchev–Trinajstić information content (AvgIpc) is 1.25. The number of hydrogen-bond acceptors (Lipinski definition) is 1. The second-order valence-corrected chi connectivity index (χ2v) is 4.38. The van der Waals surface area contributed by atoms with E-state index in [0.29, 0.717) is 0 Å². The minimum Gasteiger partial charge on any atom is -0.465 e. The zero-order valence-corrected chi connectivity index (χ0v) is 7.51. The molecule has 0 atom stereocenters. The second-order valence-electron chi connectivity index (χ2n) is 2.07. The molecule has 0 aliphatic carbocycles. The molecule has 0 aromatic rings. The van der Waals surface area contributed by atoms with E-state index in [1.165, 1.54) is 27.9 Å². The molecule has 3 nitrogen and oxygen atoms in total. The van der Waals surface area contributed by atoms with Gasteiger partial charge in [-0.05, 0) is 0 Å². The minimum absolute atomic E-state index is 0.972. The van der Waals surface area contributed by atoms with Crippen LogP contribution < -0.4 is 5.73 Å². The van der Waals surface area contributed by atoms with Crippen molar-refractivity contribution >= 4 is 34.0 Å². The van der Waals surface area contributed by atoms with Crippen LogP contribution in [0.4, 0.5) is 4.79 Å². The van der Waals surface area contributed by atoms with E-state index in [4.69, 9.17) is 9.90 Å². The maximum Gasteiger partial charge on any atom is 0.402 e. The van der Waals surface area contributed by atoms with Gasteiger partial charge in [0, 0.05) is 0 Å². The Bertz CT molecular complexity index is 58.3. The summed E-state index contributed by atoms with van der Waals surface area (Å²) in [6.07, 6.45) is -1.33. The molecule has 0 saturated heterocycles. The molecule has 0 rings (SSSR count). The van der Waals surface area contributed by atoms with Crippen molar-refractivity contribution in [1.29, 1.82) is 0 Å². The predicted octanol–water partition coefficient (Wildman–Crippen LogP) is 0.606. The molecule has 0 radical (unpaired) electrons. The number of carboxylic acid groups (broad SMARTS) is 1. The molecular formula is C4H10NNaO2. The van der Waals surface area contributed by atoms with Gasteiger partial charge in [-0.2, -0.15) is 0 Å². The molecule has 3 N–H and O–H groups in total. The molecule has 44 valence electrons. The van der Waals surface area contributed by atoms with E-state index in [1.54, 1.807) is 0 Å². The van der Waals surface area contributed by atoms with Crippen molar-refractivity contribution in [3.63, 3.8) is 0 Å². The van der Waals surface area contributed by atoms with Crippen molar-refractivity contribution in [2.45, 2.75) is 17.0 Å². The Balaban J connectivity index is 0. The van der Waals surface area contributed by atoms with Gasteiger partial charge < -0.3 is 10.8 Å². The maximum absolute atomic E-state index is 8.78. The summed E-state index contributed by atoms with van der Waals surface area (Å²) in [5.41, 5.74) is 4.03. The van der Waals surface area contributed by atoms with Crippen LogP contribution in [0.5, 0.6) is 0 Å². The number of primary amides is 1. The fourth-order valence-electron chi connectivity index (χ4n) is 0. The standard InChI is InChI=1S/C3H7.CH3NO2.Na/c1-3-2;2-1(3)4;/h3H,1-2H3;2H2,(H,3,4);. The van der Waals surface area contributed by atoms with Crippen LogP contribution in [0.1, 0.15) is 13.8 Å². The molecule has 0 aromatic carbocycles. The van der Waals surface area contributed by atoms with Gasteiger partial charge in [-0.25, -0.2) is 4.79 Å². The Morgan fingerprint density at radius 2 is 1.75 bits per heavy atom. The zero-order chi connectivity index (χ0) is 7.15. The van der Waals surface area contributed by atoms with E-state index < -0.39 is 6.09 Å². The Morgan fingerprint density at radius 3 is 1.75 bits per heavy atom. The molecule has 0 aliphatic heterocycles. The topological polar surface area (TPSA) is 63.3 Å². The third kappa shape index (κ3) is 2390. The van der Waals surface area contributed by atoms with Gasteiger partial charge >= 0.3 is 51.0 Å². The summed E-state index contributed by atoms with van der Waals surface area (Å²) in [6.45, 7) is 4.46. The van der Waals surface area contributed by atoms with Crippen LogP contribution in [0.15, 0.2) is 0 Å². The normalized spacial score (nSPS) is 7.62. The number of amides is 1. The predicted molar refractivity (Wildman–Crippen MR) is 33.1 cm³/mol. The molecule has 4 heteroatoms. The third-order valence-electron chi connectivity index (χ3n) is 0. The Kier molecular flexibility index (Phi) is 10.1. The SMILES string of the molecule is C[CH](C)[Na].NC(=O)O. The van der Waals surface area contributed by atoms with Crippen LogP contribution in [0.2, 0.25) is 3.17 Å². The first kappa shape index (κ1) is 11.1. The molecule has 0 fully saturated rings. The number of nitrogens with two attached hydrogens (primary N) is 1. The van der Waals surface area contributed by atoms with Crippen LogP contribution in [0.25, 0.3) is 0 Å². The van der Waals surface area contributed by atoms with E-state index in [0.717, 1.165) is 3.17 Å².